The van der Waals surface area contributed by atoms with Crippen LogP contribution in [-0.4, -0.2) is 24.5 Å². The van der Waals surface area contributed by atoms with Gasteiger partial charge in [-0.15, -0.1) is 0 Å². The van der Waals surface area contributed by atoms with Crippen LogP contribution < -0.4 is 5.32 Å². The second kappa shape index (κ2) is 8.87. The number of halogens is 1. The molecular weight excluding hydrogens is 362 g/mol. The number of carbonyl (C=O) groups is 2. The average molecular weight is 384 g/mol. The number of nitrogens with one attached hydrogen (secondary N) is 1. The topological polar surface area (TPSA) is 55.4 Å². The smallest absolute Gasteiger partial charge is 0.339 e. The maximum Gasteiger partial charge on any atom is 0.339 e. The van der Waals surface area contributed by atoms with Gasteiger partial charge in [-0.1, -0.05) is 54.1 Å². The largest absolute Gasteiger partial charge is 0.452 e. The maximum absolute atomic E-state index is 12.7. The van der Waals surface area contributed by atoms with Gasteiger partial charge in [0.15, 0.2) is 6.61 Å². The molecule has 0 unspecified atom stereocenters. The fraction of sp³-hybridized carbons (Fsp3) is 0.273. The van der Waals surface area contributed by atoms with Gasteiger partial charge in [0, 0.05) is 11.1 Å². The summed E-state index contributed by atoms with van der Waals surface area (Å²) in [5.74, 6) is -0.277. The zero-order chi connectivity index (χ0) is 19.2. The van der Waals surface area contributed by atoms with Crippen molar-refractivity contribution in [2.75, 3.05) is 6.61 Å². The van der Waals surface area contributed by atoms with E-state index in [1.54, 1.807) is 30.3 Å². The Kier molecular flexibility index (Phi) is 6.30. The van der Waals surface area contributed by atoms with E-state index in [2.05, 4.69) is 5.32 Å². The highest BCUT2D eigenvalue weighted by atomic mass is 35.5. The normalized spacial score (nSPS) is 15.1. The van der Waals surface area contributed by atoms with Crippen molar-refractivity contribution in [2.45, 2.75) is 25.8 Å². The lowest BCUT2D eigenvalue weighted by Gasteiger charge is -2.13. The minimum atomic E-state index is -0.546. The summed E-state index contributed by atoms with van der Waals surface area (Å²) < 4.78 is 5.27. The summed E-state index contributed by atoms with van der Waals surface area (Å²) in [6.07, 6.45) is 4.03. The summed E-state index contributed by atoms with van der Waals surface area (Å²) in [6.45, 7) is 1.68. The van der Waals surface area contributed by atoms with Crippen molar-refractivity contribution in [1.82, 2.24) is 5.32 Å². The van der Waals surface area contributed by atoms with Crippen LogP contribution in [0, 0.1) is 5.92 Å². The second-order valence-electron chi connectivity index (χ2n) is 6.75. The summed E-state index contributed by atoms with van der Waals surface area (Å²) >= 11 is 5.95. The third-order valence-electron chi connectivity index (χ3n) is 4.54. The molecule has 0 radical (unpaired) electrons. The molecule has 4 nitrogen and oxygen atoms in total. The Morgan fingerprint density at radius 3 is 2.44 bits per heavy atom. The van der Waals surface area contributed by atoms with Crippen LogP contribution in [0.4, 0.5) is 0 Å². The SMILES string of the molecule is C[C@H](NC(=O)COC(=O)/C(=C/c1ccccc1)c1ccc(Cl)cc1)C1CC1. The van der Waals surface area contributed by atoms with E-state index in [1.165, 1.54) is 0 Å². The van der Waals surface area contributed by atoms with E-state index in [-0.39, 0.29) is 18.6 Å². The average Bonchev–Trinajstić information content (AvgIpc) is 3.51. The number of ether oxygens (including phenoxy) is 1. The third-order valence-corrected chi connectivity index (χ3v) is 4.79. The molecule has 5 heteroatoms. The first kappa shape index (κ1) is 19.2. The molecule has 0 bridgehead atoms. The number of rotatable bonds is 7. The summed E-state index contributed by atoms with van der Waals surface area (Å²) in [5, 5.41) is 3.46. The van der Waals surface area contributed by atoms with Crippen LogP contribution in [0.25, 0.3) is 11.6 Å². The van der Waals surface area contributed by atoms with Crippen molar-refractivity contribution in [2.24, 2.45) is 5.92 Å². The molecule has 1 N–H and O–H groups in total. The van der Waals surface area contributed by atoms with Crippen LogP contribution in [0.5, 0.6) is 0 Å². The molecule has 1 saturated carbocycles. The fourth-order valence-corrected chi connectivity index (χ4v) is 2.95. The molecule has 1 atom stereocenters. The molecule has 0 aliphatic heterocycles. The fourth-order valence-electron chi connectivity index (χ4n) is 2.82. The maximum atomic E-state index is 12.7. The Balaban J connectivity index is 1.71. The van der Waals surface area contributed by atoms with Crippen LogP contribution in [-0.2, 0) is 14.3 Å². The summed E-state index contributed by atoms with van der Waals surface area (Å²) in [6, 6.07) is 16.5. The first-order valence-electron chi connectivity index (χ1n) is 9.02. The molecule has 2 aromatic rings. The van der Waals surface area contributed by atoms with Crippen LogP contribution >= 0.6 is 11.6 Å². The molecule has 27 heavy (non-hydrogen) atoms. The Morgan fingerprint density at radius 1 is 1.15 bits per heavy atom. The molecule has 0 saturated heterocycles. The van der Waals surface area contributed by atoms with Gasteiger partial charge in [-0.25, -0.2) is 4.79 Å². The van der Waals surface area contributed by atoms with Gasteiger partial charge in [0.2, 0.25) is 0 Å². The number of benzene rings is 2. The quantitative estimate of drug-likeness (QED) is 0.439. The molecule has 1 aliphatic carbocycles. The monoisotopic (exact) mass is 383 g/mol. The van der Waals surface area contributed by atoms with Crippen molar-refractivity contribution in [1.29, 1.82) is 0 Å². The molecule has 1 amide bonds. The van der Waals surface area contributed by atoms with Crippen molar-refractivity contribution >= 4 is 35.1 Å². The van der Waals surface area contributed by atoms with Crippen LogP contribution in [0.15, 0.2) is 54.6 Å². The summed E-state index contributed by atoms with van der Waals surface area (Å²) in [4.78, 5) is 24.7. The Morgan fingerprint density at radius 2 is 1.81 bits per heavy atom. The third kappa shape index (κ3) is 5.69. The molecule has 0 spiro atoms. The number of hydrogen-bond acceptors (Lipinski definition) is 3. The second-order valence-corrected chi connectivity index (χ2v) is 7.18. The van der Waals surface area contributed by atoms with Crippen molar-refractivity contribution in [3.05, 3.63) is 70.7 Å². The van der Waals surface area contributed by atoms with E-state index in [0.717, 1.165) is 18.4 Å². The molecule has 3 rings (SSSR count). The number of carbonyl (C=O) groups excluding carboxylic acids is 2. The van der Waals surface area contributed by atoms with Gasteiger partial charge in [-0.05, 0) is 55.0 Å². The van der Waals surface area contributed by atoms with Gasteiger partial charge in [-0.2, -0.15) is 0 Å². The van der Waals surface area contributed by atoms with Crippen LogP contribution in [0.2, 0.25) is 5.02 Å². The summed E-state index contributed by atoms with van der Waals surface area (Å²) in [7, 11) is 0. The van der Waals surface area contributed by atoms with Crippen LogP contribution in [0.3, 0.4) is 0 Å². The Bertz CT molecular complexity index is 826. The predicted octanol–water partition coefficient (Wildman–Crippen LogP) is 4.34. The van der Waals surface area contributed by atoms with Gasteiger partial charge in [0.25, 0.3) is 5.91 Å². The lowest BCUT2D eigenvalue weighted by atomic mass is 10.0. The van der Waals surface area contributed by atoms with E-state index in [1.807, 2.05) is 37.3 Å². The molecule has 1 aliphatic rings. The van der Waals surface area contributed by atoms with Crippen molar-refractivity contribution in [3.8, 4) is 0 Å². The highest BCUT2D eigenvalue weighted by Gasteiger charge is 2.29. The highest BCUT2D eigenvalue weighted by Crippen LogP contribution is 2.32. The Labute approximate surface area is 164 Å². The molecule has 1 fully saturated rings. The molecule has 0 aromatic heterocycles. The molecule has 0 heterocycles. The first-order valence-corrected chi connectivity index (χ1v) is 9.40. The van der Waals surface area contributed by atoms with Crippen molar-refractivity contribution in [3.63, 3.8) is 0 Å². The highest BCUT2D eigenvalue weighted by molar-refractivity contribution is 6.30. The van der Waals surface area contributed by atoms with E-state index in [9.17, 15) is 9.59 Å². The molecular formula is C22H22ClNO3. The van der Waals surface area contributed by atoms with Gasteiger partial charge in [-0.3, -0.25) is 4.79 Å². The summed E-state index contributed by atoms with van der Waals surface area (Å²) in [5.41, 5.74) is 1.92. The van der Waals surface area contributed by atoms with Gasteiger partial charge in [0.05, 0.1) is 5.57 Å². The van der Waals surface area contributed by atoms with E-state index in [0.29, 0.717) is 22.1 Å². The van der Waals surface area contributed by atoms with Crippen LogP contribution in [0.1, 0.15) is 30.9 Å². The number of esters is 1. The standard InChI is InChI=1S/C22H22ClNO3/c1-15(17-7-8-17)24-21(25)14-27-22(26)20(13-16-5-3-2-4-6-16)18-9-11-19(23)12-10-18/h2-6,9-13,15,17H,7-8,14H2,1H3,(H,24,25)/b20-13+/t15-/m0/s1. The first-order chi connectivity index (χ1) is 13.0. The minimum absolute atomic E-state index is 0.117. The van der Waals surface area contributed by atoms with E-state index in [4.69, 9.17) is 16.3 Å². The van der Waals surface area contributed by atoms with Gasteiger partial charge >= 0.3 is 5.97 Å². The van der Waals surface area contributed by atoms with Crippen molar-refractivity contribution < 1.29 is 14.3 Å². The molecule has 140 valence electrons. The zero-order valence-electron chi connectivity index (χ0n) is 15.2. The van der Waals surface area contributed by atoms with E-state index >= 15 is 0 Å². The van der Waals surface area contributed by atoms with E-state index < -0.39 is 5.97 Å². The Hall–Kier alpha value is -2.59. The number of amides is 1. The van der Waals surface area contributed by atoms with Gasteiger partial charge < -0.3 is 10.1 Å². The van der Waals surface area contributed by atoms with Gasteiger partial charge in [0.1, 0.15) is 0 Å². The predicted molar refractivity (Wildman–Crippen MR) is 107 cm³/mol. The zero-order valence-corrected chi connectivity index (χ0v) is 15.9. The lowest BCUT2D eigenvalue weighted by molar-refractivity contribution is -0.143. The minimum Gasteiger partial charge on any atom is -0.452 e. The lowest BCUT2D eigenvalue weighted by Crippen LogP contribution is -2.37. The number of hydrogen-bond donors (Lipinski definition) is 1. The molecule has 2 aromatic carbocycles.